The Morgan fingerprint density at radius 2 is 1.92 bits per heavy atom. The molecule has 1 rings (SSSR count). The lowest BCUT2D eigenvalue weighted by molar-refractivity contribution is -0.121. The third-order valence-electron chi connectivity index (χ3n) is 2.73. The van der Waals surface area contributed by atoms with Crippen LogP contribution in [-0.4, -0.2) is 30.8 Å². The van der Waals surface area contributed by atoms with E-state index in [1.54, 1.807) is 32.9 Å². The minimum Gasteiger partial charge on any atom is -0.444 e. The first-order chi connectivity index (χ1) is 11.6. The van der Waals surface area contributed by atoms with E-state index in [-0.39, 0.29) is 31.2 Å². The summed E-state index contributed by atoms with van der Waals surface area (Å²) in [4.78, 5) is 23.2. The zero-order chi connectivity index (χ0) is 19.0. The summed E-state index contributed by atoms with van der Waals surface area (Å²) in [6, 6.07) is 4.53. The van der Waals surface area contributed by atoms with Gasteiger partial charge < -0.3 is 20.1 Å². The van der Waals surface area contributed by atoms with Gasteiger partial charge in [-0.15, -0.1) is 0 Å². The Morgan fingerprint density at radius 3 is 2.52 bits per heavy atom. The Labute approximate surface area is 153 Å². The van der Waals surface area contributed by atoms with Crippen LogP contribution in [0.1, 0.15) is 32.8 Å². The zero-order valence-electron chi connectivity index (χ0n) is 14.2. The average Bonchev–Trinajstić information content (AvgIpc) is 2.45. The second-order valence-electron chi connectivity index (χ2n) is 6.09. The van der Waals surface area contributed by atoms with Crippen LogP contribution < -0.4 is 15.4 Å². The first kappa shape index (κ1) is 21.1. The lowest BCUT2D eigenvalue weighted by atomic mass is 10.2. The molecule has 2 N–H and O–H groups in total. The van der Waals surface area contributed by atoms with Crippen molar-refractivity contribution in [3.63, 3.8) is 0 Å². The Morgan fingerprint density at radius 1 is 1.24 bits per heavy atom. The van der Waals surface area contributed by atoms with Crippen LogP contribution in [0.4, 0.5) is 13.6 Å². The van der Waals surface area contributed by atoms with Crippen molar-refractivity contribution in [2.75, 3.05) is 6.54 Å². The molecule has 140 valence electrons. The van der Waals surface area contributed by atoms with Crippen LogP contribution in [0.25, 0.3) is 0 Å². The molecule has 0 heterocycles. The largest absolute Gasteiger partial charge is 0.444 e. The Bertz CT molecular complexity index is 606. The number of halogens is 3. The van der Waals surface area contributed by atoms with Crippen molar-refractivity contribution in [1.82, 2.24) is 10.6 Å². The predicted octanol–water partition coefficient (Wildman–Crippen LogP) is 3.58. The van der Waals surface area contributed by atoms with E-state index in [9.17, 15) is 18.4 Å². The molecule has 0 fully saturated rings. The van der Waals surface area contributed by atoms with Crippen molar-refractivity contribution in [2.24, 2.45) is 0 Å². The monoisotopic (exact) mass is 422 g/mol. The zero-order valence-corrected chi connectivity index (χ0v) is 15.8. The number of alkyl carbamates (subject to hydrolysis) is 1. The number of nitrogens with one attached hydrogen (secondary N) is 2. The highest BCUT2D eigenvalue weighted by atomic mass is 79.9. The van der Waals surface area contributed by atoms with Crippen molar-refractivity contribution in [3.8, 4) is 5.75 Å². The van der Waals surface area contributed by atoms with Crippen LogP contribution >= 0.6 is 15.9 Å². The fourth-order valence-corrected chi connectivity index (χ4v) is 2.18. The van der Waals surface area contributed by atoms with Gasteiger partial charge in [0.1, 0.15) is 11.4 Å². The van der Waals surface area contributed by atoms with E-state index in [0.29, 0.717) is 10.0 Å². The fraction of sp³-hybridized carbons (Fsp3) is 0.500. The third-order valence-corrected chi connectivity index (χ3v) is 3.23. The van der Waals surface area contributed by atoms with Crippen LogP contribution in [-0.2, 0) is 16.1 Å². The molecule has 0 bridgehead atoms. The van der Waals surface area contributed by atoms with E-state index < -0.39 is 18.3 Å². The quantitative estimate of drug-likeness (QED) is 0.703. The van der Waals surface area contributed by atoms with Gasteiger partial charge in [0.15, 0.2) is 0 Å². The number of amides is 2. The van der Waals surface area contributed by atoms with Crippen LogP contribution in [0.15, 0.2) is 22.7 Å². The summed E-state index contributed by atoms with van der Waals surface area (Å²) in [7, 11) is 0. The van der Waals surface area contributed by atoms with Gasteiger partial charge in [0.2, 0.25) is 5.91 Å². The number of carbonyl (C=O) groups is 2. The summed E-state index contributed by atoms with van der Waals surface area (Å²) < 4.78 is 34.9. The van der Waals surface area contributed by atoms with Gasteiger partial charge in [-0.3, -0.25) is 4.79 Å². The van der Waals surface area contributed by atoms with E-state index in [4.69, 9.17) is 4.74 Å². The molecule has 0 aromatic heterocycles. The molecule has 25 heavy (non-hydrogen) atoms. The first-order valence-electron chi connectivity index (χ1n) is 7.53. The fourth-order valence-electron chi connectivity index (χ4n) is 1.77. The molecule has 0 atom stereocenters. The number of hydrogen-bond acceptors (Lipinski definition) is 4. The van der Waals surface area contributed by atoms with Gasteiger partial charge in [-0.25, -0.2) is 4.79 Å². The molecule has 1 aromatic carbocycles. The lowest BCUT2D eigenvalue weighted by Crippen LogP contribution is -2.35. The summed E-state index contributed by atoms with van der Waals surface area (Å²) in [6.07, 6.45) is -0.585. The number of rotatable bonds is 7. The van der Waals surface area contributed by atoms with Gasteiger partial charge in [0, 0.05) is 29.5 Å². The summed E-state index contributed by atoms with van der Waals surface area (Å²) in [5.41, 5.74) is -0.211. The van der Waals surface area contributed by atoms with E-state index in [0.717, 1.165) is 0 Å². The van der Waals surface area contributed by atoms with Crippen LogP contribution in [0.2, 0.25) is 0 Å². The standard InChI is InChI=1S/C16H21BrF2N2O4/c1-16(2,3)25-15(23)20-7-6-13(22)21-9-10-8-11(17)4-5-12(10)24-14(18)19/h4-5,8,14H,6-7,9H2,1-3H3,(H,20,23)(H,21,22). The van der Waals surface area contributed by atoms with Crippen molar-refractivity contribution in [3.05, 3.63) is 28.2 Å². The number of ether oxygens (including phenoxy) is 2. The third kappa shape index (κ3) is 9.23. The molecular formula is C16H21BrF2N2O4. The number of carbonyl (C=O) groups excluding carboxylic acids is 2. The highest BCUT2D eigenvalue weighted by Gasteiger charge is 2.16. The van der Waals surface area contributed by atoms with Crippen molar-refractivity contribution in [2.45, 2.75) is 45.9 Å². The average molecular weight is 423 g/mol. The summed E-state index contributed by atoms with van der Waals surface area (Å²) in [5, 5.41) is 5.05. The second kappa shape index (κ2) is 9.55. The van der Waals surface area contributed by atoms with Gasteiger partial charge in [0.05, 0.1) is 0 Å². The molecule has 9 heteroatoms. The number of alkyl halides is 2. The molecule has 0 aliphatic rings. The highest BCUT2D eigenvalue weighted by Crippen LogP contribution is 2.24. The van der Waals surface area contributed by atoms with Crippen molar-refractivity contribution in [1.29, 1.82) is 0 Å². The molecule has 0 radical (unpaired) electrons. The molecule has 0 saturated heterocycles. The predicted molar refractivity (Wildman–Crippen MR) is 91.5 cm³/mol. The Kier molecular flexibility index (Phi) is 8.08. The van der Waals surface area contributed by atoms with Crippen LogP contribution in [0, 0.1) is 0 Å². The Hall–Kier alpha value is -1.90. The van der Waals surface area contributed by atoms with E-state index >= 15 is 0 Å². The molecule has 0 spiro atoms. The van der Waals surface area contributed by atoms with Gasteiger partial charge >= 0.3 is 12.7 Å². The molecule has 0 aliphatic carbocycles. The lowest BCUT2D eigenvalue weighted by Gasteiger charge is -2.19. The van der Waals surface area contributed by atoms with Gasteiger partial charge in [-0.2, -0.15) is 8.78 Å². The smallest absolute Gasteiger partial charge is 0.407 e. The molecule has 6 nitrogen and oxygen atoms in total. The maximum atomic E-state index is 12.4. The van der Waals surface area contributed by atoms with E-state index in [2.05, 4.69) is 31.3 Å². The molecule has 2 amide bonds. The summed E-state index contributed by atoms with van der Waals surface area (Å²) in [5.74, 6) is -0.357. The minimum absolute atomic E-state index is 0.00891. The molecular weight excluding hydrogens is 402 g/mol. The van der Waals surface area contributed by atoms with Gasteiger partial charge in [-0.05, 0) is 39.0 Å². The highest BCUT2D eigenvalue weighted by molar-refractivity contribution is 9.10. The van der Waals surface area contributed by atoms with Crippen molar-refractivity contribution < 1.29 is 27.8 Å². The Balaban J connectivity index is 2.44. The number of hydrogen-bond donors (Lipinski definition) is 2. The minimum atomic E-state index is -2.95. The topological polar surface area (TPSA) is 76.7 Å². The molecule has 0 saturated carbocycles. The van der Waals surface area contributed by atoms with E-state index in [1.807, 2.05) is 0 Å². The SMILES string of the molecule is CC(C)(C)OC(=O)NCCC(=O)NCc1cc(Br)ccc1OC(F)F. The first-order valence-corrected chi connectivity index (χ1v) is 8.33. The normalized spacial score (nSPS) is 11.2. The molecule has 0 aliphatic heterocycles. The van der Waals surface area contributed by atoms with Crippen LogP contribution in [0.3, 0.4) is 0 Å². The summed E-state index contributed by atoms with van der Waals surface area (Å²) >= 11 is 3.23. The van der Waals surface area contributed by atoms with Gasteiger partial charge in [0.25, 0.3) is 0 Å². The molecule has 0 unspecified atom stereocenters. The molecule has 1 aromatic rings. The number of benzene rings is 1. The van der Waals surface area contributed by atoms with Crippen molar-refractivity contribution >= 4 is 27.9 Å². The van der Waals surface area contributed by atoms with Gasteiger partial charge in [-0.1, -0.05) is 15.9 Å². The summed E-state index contributed by atoms with van der Waals surface area (Å²) in [6.45, 7) is 2.36. The maximum absolute atomic E-state index is 12.4. The second-order valence-corrected chi connectivity index (χ2v) is 7.00. The van der Waals surface area contributed by atoms with Crippen LogP contribution in [0.5, 0.6) is 5.75 Å². The van der Waals surface area contributed by atoms with E-state index in [1.165, 1.54) is 6.07 Å². The maximum Gasteiger partial charge on any atom is 0.407 e.